The van der Waals surface area contributed by atoms with Gasteiger partial charge in [0.25, 0.3) is 0 Å². The maximum Gasteiger partial charge on any atom is 0.0580 e. The maximum absolute atomic E-state index is 11.0. The second kappa shape index (κ2) is 17.7. The average molecular weight is 611 g/mol. The zero-order valence-corrected chi connectivity index (χ0v) is 30.8. The smallest absolute Gasteiger partial charge is 0.0580 e. The minimum atomic E-state index is -0.0982. The Morgan fingerprint density at radius 3 is 1.98 bits per heavy atom. The summed E-state index contributed by atoms with van der Waals surface area (Å²) < 4.78 is 0. The molecule has 0 aromatic rings. The molecule has 9 atom stereocenters. The van der Waals surface area contributed by atoms with Crippen LogP contribution in [0.25, 0.3) is 0 Å². The number of rotatable bonds is 20. The summed E-state index contributed by atoms with van der Waals surface area (Å²) in [6, 6.07) is 0. The molecule has 44 heavy (non-hydrogen) atoms. The van der Waals surface area contributed by atoms with Crippen molar-refractivity contribution in [3.05, 3.63) is 11.6 Å². The molecule has 1 unspecified atom stereocenters. The van der Waals surface area contributed by atoms with Crippen LogP contribution in [0.2, 0.25) is 0 Å². The molecule has 0 aromatic heterocycles. The Morgan fingerprint density at radius 1 is 0.750 bits per heavy atom. The van der Waals surface area contributed by atoms with Crippen molar-refractivity contribution in [1.29, 1.82) is 0 Å². The first-order chi connectivity index (χ1) is 21.2. The standard InChI is InChI=1S/C43H78O/c1-7-8-9-10-11-12-13-14-15-16-17-18-19-20-24-35-31-37(44)32-36-25-26-38-40-28-27-39(34(4)23-21-22-33(2)3)42(40,5)30-29-41(38)43(35,36)6/h25,33-35,37-41,44H,7-24,26-32H2,1-6H3/t34-,35?,37+,38+,39-,40+,41+,42-,43+/m1/s1. The van der Waals surface area contributed by atoms with E-state index in [1.165, 1.54) is 148 Å². The van der Waals surface area contributed by atoms with Gasteiger partial charge in [0, 0.05) is 0 Å². The molecule has 4 aliphatic carbocycles. The Kier molecular flexibility index (Phi) is 14.7. The van der Waals surface area contributed by atoms with Crippen LogP contribution in [0.5, 0.6) is 0 Å². The summed E-state index contributed by atoms with van der Waals surface area (Å²) in [5.41, 5.74) is 2.59. The number of hydrogen-bond acceptors (Lipinski definition) is 1. The van der Waals surface area contributed by atoms with Crippen LogP contribution in [0, 0.1) is 52.3 Å². The third kappa shape index (κ3) is 8.98. The van der Waals surface area contributed by atoms with Gasteiger partial charge in [0.1, 0.15) is 0 Å². The highest BCUT2D eigenvalue weighted by Gasteiger charge is 2.60. The van der Waals surface area contributed by atoms with Crippen LogP contribution >= 0.6 is 0 Å². The molecule has 0 saturated heterocycles. The van der Waals surface area contributed by atoms with Crippen LogP contribution in [0.3, 0.4) is 0 Å². The highest BCUT2D eigenvalue weighted by Crippen LogP contribution is 2.68. The van der Waals surface area contributed by atoms with Crippen molar-refractivity contribution in [3.8, 4) is 0 Å². The van der Waals surface area contributed by atoms with E-state index in [4.69, 9.17) is 0 Å². The molecule has 0 spiro atoms. The number of fused-ring (bicyclic) bond motifs is 5. The van der Waals surface area contributed by atoms with Gasteiger partial charge in [0.15, 0.2) is 0 Å². The van der Waals surface area contributed by atoms with Crippen molar-refractivity contribution < 1.29 is 5.11 Å². The number of allylic oxidation sites excluding steroid dienone is 1. The lowest BCUT2D eigenvalue weighted by molar-refractivity contribution is -0.0810. The summed E-state index contributed by atoms with van der Waals surface area (Å²) >= 11 is 0. The van der Waals surface area contributed by atoms with Crippen LogP contribution in [-0.4, -0.2) is 11.2 Å². The van der Waals surface area contributed by atoms with Gasteiger partial charge in [-0.05, 0) is 104 Å². The Hall–Kier alpha value is -0.300. The lowest BCUT2D eigenvalue weighted by Gasteiger charge is -2.61. The number of hydrogen-bond donors (Lipinski definition) is 1. The van der Waals surface area contributed by atoms with Crippen LogP contribution in [-0.2, 0) is 0 Å². The molecule has 1 N–H and O–H groups in total. The van der Waals surface area contributed by atoms with Gasteiger partial charge < -0.3 is 5.11 Å². The van der Waals surface area contributed by atoms with Gasteiger partial charge in [0.2, 0.25) is 0 Å². The lowest BCUT2D eigenvalue weighted by Crippen LogP contribution is -2.53. The second-order valence-corrected chi connectivity index (χ2v) is 17.8. The first-order valence-electron chi connectivity index (χ1n) is 20.6. The zero-order valence-electron chi connectivity index (χ0n) is 30.8. The van der Waals surface area contributed by atoms with E-state index in [0.717, 1.165) is 48.3 Å². The Balaban J connectivity index is 1.23. The predicted molar refractivity (Wildman–Crippen MR) is 193 cm³/mol. The SMILES string of the molecule is CCCCCCCCCCCCCCCCC1C[C@H](O)CC2=CC[C@H]3[C@@H]4CC[C@H]([C@H](C)CCCC(C)C)[C@@]4(C)CC[C@@H]3[C@]21C. The molecular formula is C43H78O. The van der Waals surface area contributed by atoms with Gasteiger partial charge in [-0.2, -0.15) is 0 Å². The summed E-state index contributed by atoms with van der Waals surface area (Å²) in [4.78, 5) is 0. The van der Waals surface area contributed by atoms with Crippen LogP contribution < -0.4 is 0 Å². The van der Waals surface area contributed by atoms with Crippen molar-refractivity contribution in [2.75, 3.05) is 0 Å². The molecule has 0 amide bonds. The molecular weight excluding hydrogens is 532 g/mol. The third-order valence-corrected chi connectivity index (χ3v) is 14.5. The molecule has 4 aliphatic rings. The molecule has 0 aliphatic heterocycles. The third-order valence-electron chi connectivity index (χ3n) is 14.5. The Labute approximate surface area is 276 Å². The first-order valence-corrected chi connectivity index (χ1v) is 20.6. The molecule has 4 rings (SSSR count). The summed E-state index contributed by atoms with van der Waals surface area (Å²) in [5.74, 6) is 6.06. The fourth-order valence-corrected chi connectivity index (χ4v) is 11.9. The van der Waals surface area contributed by atoms with Gasteiger partial charge in [-0.1, -0.05) is 162 Å². The predicted octanol–water partition coefficient (Wildman–Crippen LogP) is 13.5. The summed E-state index contributed by atoms with van der Waals surface area (Å²) in [5, 5.41) is 11.0. The topological polar surface area (TPSA) is 20.2 Å². The molecule has 256 valence electrons. The van der Waals surface area contributed by atoms with E-state index in [1.54, 1.807) is 5.57 Å². The van der Waals surface area contributed by atoms with Crippen molar-refractivity contribution >= 4 is 0 Å². The first kappa shape index (κ1) is 36.5. The fourth-order valence-electron chi connectivity index (χ4n) is 11.9. The molecule has 3 fully saturated rings. The Bertz CT molecular complexity index is 842. The molecule has 3 saturated carbocycles. The zero-order chi connectivity index (χ0) is 31.6. The normalized spacial score (nSPS) is 35.7. The molecule has 0 bridgehead atoms. The monoisotopic (exact) mass is 611 g/mol. The highest BCUT2D eigenvalue weighted by molar-refractivity contribution is 5.27. The van der Waals surface area contributed by atoms with Crippen LogP contribution in [0.4, 0.5) is 0 Å². The summed E-state index contributed by atoms with van der Waals surface area (Å²) in [6.45, 7) is 15.1. The summed E-state index contributed by atoms with van der Waals surface area (Å²) in [7, 11) is 0. The van der Waals surface area contributed by atoms with Gasteiger partial charge in [-0.25, -0.2) is 0 Å². The van der Waals surface area contributed by atoms with Gasteiger partial charge in [-0.3, -0.25) is 0 Å². The van der Waals surface area contributed by atoms with Crippen molar-refractivity contribution in [2.45, 2.75) is 208 Å². The van der Waals surface area contributed by atoms with E-state index < -0.39 is 0 Å². The second-order valence-electron chi connectivity index (χ2n) is 17.8. The average Bonchev–Trinajstić information content (AvgIpc) is 3.35. The van der Waals surface area contributed by atoms with E-state index in [9.17, 15) is 5.11 Å². The fraction of sp³-hybridized carbons (Fsp3) is 0.953. The van der Waals surface area contributed by atoms with Gasteiger partial charge in [0.05, 0.1) is 6.10 Å². The quantitative estimate of drug-likeness (QED) is 0.107. The van der Waals surface area contributed by atoms with Crippen molar-refractivity contribution in [1.82, 2.24) is 0 Å². The number of aliphatic hydroxyl groups excluding tert-OH is 1. The molecule has 0 radical (unpaired) electrons. The van der Waals surface area contributed by atoms with Gasteiger partial charge in [-0.15, -0.1) is 0 Å². The minimum absolute atomic E-state index is 0.0982. The minimum Gasteiger partial charge on any atom is -0.393 e. The van der Waals surface area contributed by atoms with E-state index in [1.807, 2.05) is 0 Å². The molecule has 0 heterocycles. The lowest BCUT2D eigenvalue weighted by atomic mass is 9.44. The van der Waals surface area contributed by atoms with E-state index in [2.05, 4.69) is 47.6 Å². The Morgan fingerprint density at radius 2 is 1.36 bits per heavy atom. The molecule has 0 aromatic carbocycles. The van der Waals surface area contributed by atoms with Crippen LogP contribution in [0.15, 0.2) is 11.6 Å². The van der Waals surface area contributed by atoms with Crippen LogP contribution in [0.1, 0.15) is 202 Å². The van der Waals surface area contributed by atoms with E-state index >= 15 is 0 Å². The maximum atomic E-state index is 11.0. The summed E-state index contributed by atoms with van der Waals surface area (Å²) in [6.07, 6.45) is 37.6. The van der Waals surface area contributed by atoms with Crippen molar-refractivity contribution in [2.24, 2.45) is 52.3 Å². The van der Waals surface area contributed by atoms with Crippen molar-refractivity contribution in [3.63, 3.8) is 0 Å². The molecule has 1 heteroatoms. The number of aliphatic hydroxyl groups is 1. The van der Waals surface area contributed by atoms with E-state index in [-0.39, 0.29) is 6.10 Å². The highest BCUT2D eigenvalue weighted by atomic mass is 16.3. The van der Waals surface area contributed by atoms with E-state index in [0.29, 0.717) is 16.7 Å². The number of unbranched alkanes of at least 4 members (excludes halogenated alkanes) is 13. The largest absolute Gasteiger partial charge is 0.393 e. The van der Waals surface area contributed by atoms with Gasteiger partial charge >= 0.3 is 0 Å². The molecule has 1 nitrogen and oxygen atoms in total.